The van der Waals surface area contributed by atoms with E-state index in [2.05, 4.69) is 0 Å². The molecule has 1 aliphatic heterocycles. The van der Waals surface area contributed by atoms with E-state index >= 15 is 0 Å². The van der Waals surface area contributed by atoms with Gasteiger partial charge in [0.2, 0.25) is 0 Å². The first-order valence-corrected chi connectivity index (χ1v) is 11.9. The summed E-state index contributed by atoms with van der Waals surface area (Å²) in [6.45, 7) is 12.6. The Kier molecular flexibility index (Phi) is 6.56. The Labute approximate surface area is 207 Å². The molecule has 5 nitrogen and oxygen atoms in total. The number of carbonyl (C=O) groups excluding carboxylic acids is 1. The molecule has 0 saturated heterocycles. The molecular weight excluding hydrogens is 438 g/mol. The minimum atomic E-state index is -1.13. The molecule has 0 aromatic heterocycles. The van der Waals surface area contributed by atoms with Crippen molar-refractivity contribution in [2.75, 3.05) is 0 Å². The van der Waals surface area contributed by atoms with Gasteiger partial charge in [-0.05, 0) is 87.1 Å². The van der Waals surface area contributed by atoms with Crippen LogP contribution in [-0.4, -0.2) is 27.5 Å². The number of carboxylic acid groups (broad SMARTS) is 1. The number of fused-ring (bicyclic) bond motifs is 1. The van der Waals surface area contributed by atoms with Gasteiger partial charge in [-0.2, -0.15) is 0 Å². The molecule has 5 heteroatoms. The molecule has 35 heavy (non-hydrogen) atoms. The molecule has 3 aromatic carbocycles. The standard InChI is InChI=1S/C30H33NO4/c1-18-12-14-21(15-13-18)25-19(2)23-16-31(28(32)22-10-8-7-9-11-22)17-24(23)20(3)26(25)27(29(33)34)35-30(4,5)6/h7-15,27H,16-17H2,1-6H3,(H,33,34). The van der Waals surface area contributed by atoms with E-state index in [1.165, 1.54) is 0 Å². The zero-order valence-corrected chi connectivity index (χ0v) is 21.3. The number of carboxylic acids is 1. The second kappa shape index (κ2) is 9.31. The predicted molar refractivity (Wildman–Crippen MR) is 137 cm³/mol. The van der Waals surface area contributed by atoms with Crippen molar-refractivity contribution in [3.8, 4) is 11.1 Å². The van der Waals surface area contributed by atoms with Gasteiger partial charge < -0.3 is 14.7 Å². The SMILES string of the molecule is Cc1ccc(-c2c(C)c3c(c(C)c2C(OC(C)(C)C)C(=O)O)CN(C(=O)c2ccccc2)C3)cc1. The van der Waals surface area contributed by atoms with Gasteiger partial charge in [-0.15, -0.1) is 0 Å². The first kappa shape index (κ1) is 24.7. The average molecular weight is 472 g/mol. The van der Waals surface area contributed by atoms with Gasteiger partial charge in [0.15, 0.2) is 6.10 Å². The van der Waals surface area contributed by atoms with E-state index < -0.39 is 17.7 Å². The molecule has 182 valence electrons. The molecule has 1 atom stereocenters. The summed E-state index contributed by atoms with van der Waals surface area (Å²) in [6, 6.07) is 17.4. The Balaban J connectivity index is 1.90. The third-order valence-electron chi connectivity index (χ3n) is 6.62. The van der Waals surface area contributed by atoms with Crippen LogP contribution in [-0.2, 0) is 22.6 Å². The van der Waals surface area contributed by atoms with E-state index in [0.29, 0.717) is 24.2 Å². The van der Waals surface area contributed by atoms with Crippen LogP contribution in [0.1, 0.15) is 70.6 Å². The van der Waals surface area contributed by atoms with Crippen LogP contribution in [0.3, 0.4) is 0 Å². The van der Waals surface area contributed by atoms with Gasteiger partial charge in [0, 0.05) is 24.2 Å². The molecule has 1 N–H and O–H groups in total. The molecular formula is C30H33NO4. The van der Waals surface area contributed by atoms with Crippen LogP contribution in [0.2, 0.25) is 0 Å². The second-order valence-corrected chi connectivity index (χ2v) is 10.3. The summed E-state index contributed by atoms with van der Waals surface area (Å²) in [7, 11) is 0. The zero-order chi connectivity index (χ0) is 25.5. The summed E-state index contributed by atoms with van der Waals surface area (Å²) in [5, 5.41) is 10.3. The maximum atomic E-state index is 13.3. The van der Waals surface area contributed by atoms with Crippen molar-refractivity contribution >= 4 is 11.9 Å². The highest BCUT2D eigenvalue weighted by atomic mass is 16.5. The number of nitrogens with zero attached hydrogens (tertiary/aromatic N) is 1. The highest BCUT2D eigenvalue weighted by Crippen LogP contribution is 2.43. The summed E-state index contributed by atoms with van der Waals surface area (Å²) in [6.07, 6.45) is -1.13. The van der Waals surface area contributed by atoms with Crippen molar-refractivity contribution < 1.29 is 19.4 Å². The number of benzene rings is 3. The van der Waals surface area contributed by atoms with Gasteiger partial charge in [-0.25, -0.2) is 4.79 Å². The van der Waals surface area contributed by atoms with Gasteiger partial charge in [0.05, 0.1) is 5.60 Å². The molecule has 1 aliphatic rings. The largest absolute Gasteiger partial charge is 0.479 e. The number of amides is 1. The Bertz CT molecular complexity index is 1270. The summed E-state index contributed by atoms with van der Waals surface area (Å²) in [4.78, 5) is 27.6. The van der Waals surface area contributed by atoms with Crippen molar-refractivity contribution in [3.63, 3.8) is 0 Å². The van der Waals surface area contributed by atoms with Crippen LogP contribution < -0.4 is 0 Å². The summed E-state index contributed by atoms with van der Waals surface area (Å²) < 4.78 is 6.13. The van der Waals surface area contributed by atoms with Crippen molar-refractivity contribution in [2.24, 2.45) is 0 Å². The predicted octanol–water partition coefficient (Wildman–Crippen LogP) is 6.38. The highest BCUT2D eigenvalue weighted by molar-refractivity contribution is 5.95. The molecule has 0 radical (unpaired) electrons. The Hall–Kier alpha value is -3.44. The topological polar surface area (TPSA) is 66.8 Å². The normalized spacial score (nSPS) is 14.1. The lowest BCUT2D eigenvalue weighted by Gasteiger charge is -2.29. The molecule has 0 fully saturated rings. The maximum absolute atomic E-state index is 13.3. The van der Waals surface area contributed by atoms with Gasteiger partial charge >= 0.3 is 5.97 Å². The lowest BCUT2D eigenvalue weighted by molar-refractivity contribution is -0.160. The molecule has 0 saturated carbocycles. The van der Waals surface area contributed by atoms with Crippen LogP contribution in [0.25, 0.3) is 11.1 Å². The Morgan fingerprint density at radius 3 is 2.00 bits per heavy atom. The van der Waals surface area contributed by atoms with E-state index in [1.54, 1.807) is 0 Å². The number of ether oxygens (including phenoxy) is 1. The number of hydrogen-bond donors (Lipinski definition) is 1. The van der Waals surface area contributed by atoms with E-state index in [0.717, 1.165) is 38.9 Å². The van der Waals surface area contributed by atoms with Gasteiger partial charge in [-0.1, -0.05) is 48.0 Å². The quantitative estimate of drug-likeness (QED) is 0.469. The van der Waals surface area contributed by atoms with Gasteiger partial charge in [-0.3, -0.25) is 4.79 Å². The number of aliphatic carboxylic acids is 1. The number of hydrogen-bond acceptors (Lipinski definition) is 3. The van der Waals surface area contributed by atoms with Gasteiger partial charge in [0.1, 0.15) is 0 Å². The molecule has 0 spiro atoms. The van der Waals surface area contributed by atoms with Crippen molar-refractivity contribution in [3.05, 3.63) is 93.5 Å². The van der Waals surface area contributed by atoms with Gasteiger partial charge in [0.25, 0.3) is 5.91 Å². The zero-order valence-electron chi connectivity index (χ0n) is 21.3. The lowest BCUT2D eigenvalue weighted by Crippen LogP contribution is -2.28. The van der Waals surface area contributed by atoms with Crippen molar-refractivity contribution in [1.82, 2.24) is 4.90 Å². The number of rotatable bonds is 5. The molecule has 4 rings (SSSR count). The lowest BCUT2D eigenvalue weighted by atomic mass is 9.83. The molecule has 1 unspecified atom stereocenters. The molecule has 0 aliphatic carbocycles. The van der Waals surface area contributed by atoms with Crippen LogP contribution in [0.15, 0.2) is 54.6 Å². The number of aryl methyl sites for hydroxylation is 1. The van der Waals surface area contributed by atoms with Crippen LogP contribution in [0, 0.1) is 20.8 Å². The van der Waals surface area contributed by atoms with Crippen LogP contribution in [0.5, 0.6) is 0 Å². The van der Waals surface area contributed by atoms with E-state index in [4.69, 9.17) is 4.74 Å². The second-order valence-electron chi connectivity index (χ2n) is 10.3. The van der Waals surface area contributed by atoms with Crippen LogP contribution in [0.4, 0.5) is 0 Å². The van der Waals surface area contributed by atoms with Crippen molar-refractivity contribution in [2.45, 2.75) is 66.3 Å². The summed E-state index contributed by atoms with van der Waals surface area (Å²) in [5.74, 6) is -1.05. The first-order valence-electron chi connectivity index (χ1n) is 11.9. The van der Waals surface area contributed by atoms with E-state index in [-0.39, 0.29) is 5.91 Å². The molecule has 1 heterocycles. The smallest absolute Gasteiger partial charge is 0.337 e. The average Bonchev–Trinajstić information content (AvgIpc) is 3.26. The highest BCUT2D eigenvalue weighted by Gasteiger charge is 2.36. The fraction of sp³-hybridized carbons (Fsp3) is 0.333. The first-order chi connectivity index (χ1) is 16.5. The monoisotopic (exact) mass is 471 g/mol. The third kappa shape index (κ3) is 4.87. The Morgan fingerprint density at radius 1 is 0.886 bits per heavy atom. The fourth-order valence-corrected chi connectivity index (χ4v) is 4.93. The summed E-state index contributed by atoms with van der Waals surface area (Å²) >= 11 is 0. The molecule has 3 aromatic rings. The van der Waals surface area contributed by atoms with E-state index in [9.17, 15) is 14.7 Å². The fourth-order valence-electron chi connectivity index (χ4n) is 4.93. The van der Waals surface area contributed by atoms with E-state index in [1.807, 2.05) is 101 Å². The Morgan fingerprint density at radius 2 is 1.46 bits per heavy atom. The molecule has 0 bridgehead atoms. The summed E-state index contributed by atoms with van der Waals surface area (Å²) in [5.41, 5.74) is 7.60. The minimum Gasteiger partial charge on any atom is -0.479 e. The maximum Gasteiger partial charge on any atom is 0.337 e. The molecule has 1 amide bonds. The number of carbonyl (C=O) groups is 2. The van der Waals surface area contributed by atoms with Crippen molar-refractivity contribution in [1.29, 1.82) is 0 Å². The minimum absolute atomic E-state index is 0.0280. The third-order valence-corrected chi connectivity index (χ3v) is 6.62. The van der Waals surface area contributed by atoms with Crippen LogP contribution >= 0.6 is 0 Å².